The lowest BCUT2D eigenvalue weighted by Gasteiger charge is -2.30. The molecule has 1 aliphatic rings. The lowest BCUT2D eigenvalue weighted by Crippen LogP contribution is -2.50. The molecule has 160 valence electrons. The molecule has 0 spiro atoms. The highest BCUT2D eigenvalue weighted by Gasteiger charge is 2.29. The van der Waals surface area contributed by atoms with E-state index in [9.17, 15) is 14.0 Å². The second kappa shape index (κ2) is 10.3. The SMILES string of the molecule is CC(C(=O)NC1CCCC1)N(Cc1ccc(Cl)cc1)C(=O)Cc1c(F)cccc1Cl. The fraction of sp³-hybridized carbons (Fsp3) is 0.391. The molecule has 1 aliphatic carbocycles. The summed E-state index contributed by atoms with van der Waals surface area (Å²) < 4.78 is 14.2. The quantitative estimate of drug-likeness (QED) is 0.633. The van der Waals surface area contributed by atoms with Crippen LogP contribution in [0.4, 0.5) is 4.39 Å². The van der Waals surface area contributed by atoms with E-state index in [-0.39, 0.29) is 41.4 Å². The molecule has 3 rings (SSSR count). The second-order valence-electron chi connectivity index (χ2n) is 7.69. The molecule has 1 fully saturated rings. The number of nitrogens with zero attached hydrogens (tertiary/aromatic N) is 1. The van der Waals surface area contributed by atoms with E-state index in [2.05, 4.69) is 5.32 Å². The van der Waals surface area contributed by atoms with Crippen molar-refractivity contribution in [2.75, 3.05) is 0 Å². The van der Waals surface area contributed by atoms with Crippen molar-refractivity contribution in [3.8, 4) is 0 Å². The van der Waals surface area contributed by atoms with E-state index in [1.165, 1.54) is 17.0 Å². The van der Waals surface area contributed by atoms with Gasteiger partial charge in [-0.1, -0.05) is 54.2 Å². The summed E-state index contributed by atoms with van der Waals surface area (Å²) in [7, 11) is 0. The van der Waals surface area contributed by atoms with Crippen molar-refractivity contribution < 1.29 is 14.0 Å². The summed E-state index contributed by atoms with van der Waals surface area (Å²) in [5.74, 6) is -1.11. The van der Waals surface area contributed by atoms with Gasteiger partial charge < -0.3 is 10.2 Å². The maximum absolute atomic E-state index is 14.2. The number of nitrogens with one attached hydrogen (secondary N) is 1. The molecule has 0 aliphatic heterocycles. The number of rotatable bonds is 7. The molecule has 0 aromatic heterocycles. The lowest BCUT2D eigenvalue weighted by molar-refractivity contribution is -0.140. The zero-order valence-electron chi connectivity index (χ0n) is 16.8. The zero-order chi connectivity index (χ0) is 21.7. The smallest absolute Gasteiger partial charge is 0.242 e. The highest BCUT2D eigenvalue weighted by atomic mass is 35.5. The summed E-state index contributed by atoms with van der Waals surface area (Å²) in [4.78, 5) is 27.5. The van der Waals surface area contributed by atoms with Crippen LogP contribution in [0.5, 0.6) is 0 Å². The van der Waals surface area contributed by atoms with Gasteiger partial charge in [0.1, 0.15) is 11.9 Å². The fourth-order valence-corrected chi connectivity index (χ4v) is 4.07. The summed E-state index contributed by atoms with van der Waals surface area (Å²) in [5, 5.41) is 3.82. The molecule has 1 N–H and O–H groups in total. The molecular weight excluding hydrogens is 426 g/mol. The first-order chi connectivity index (χ1) is 14.3. The van der Waals surface area contributed by atoms with E-state index < -0.39 is 11.9 Å². The minimum atomic E-state index is -0.709. The molecule has 0 saturated heterocycles. The fourth-order valence-electron chi connectivity index (χ4n) is 3.72. The maximum atomic E-state index is 14.2. The third-order valence-electron chi connectivity index (χ3n) is 5.52. The van der Waals surface area contributed by atoms with Crippen LogP contribution in [-0.4, -0.2) is 28.8 Å². The van der Waals surface area contributed by atoms with Gasteiger partial charge in [0.2, 0.25) is 11.8 Å². The Bertz CT molecular complexity index is 878. The van der Waals surface area contributed by atoms with Crippen LogP contribution in [0.3, 0.4) is 0 Å². The largest absolute Gasteiger partial charge is 0.352 e. The van der Waals surface area contributed by atoms with Gasteiger partial charge in [-0.3, -0.25) is 9.59 Å². The Labute approximate surface area is 186 Å². The third kappa shape index (κ3) is 5.73. The normalized spacial score (nSPS) is 15.1. The average Bonchev–Trinajstić information content (AvgIpc) is 3.22. The highest BCUT2D eigenvalue weighted by molar-refractivity contribution is 6.31. The Balaban J connectivity index is 1.80. The first kappa shape index (κ1) is 22.6. The monoisotopic (exact) mass is 450 g/mol. The molecule has 2 aromatic rings. The number of carbonyl (C=O) groups excluding carboxylic acids is 2. The Morgan fingerprint density at radius 2 is 1.80 bits per heavy atom. The van der Waals surface area contributed by atoms with Crippen molar-refractivity contribution in [1.29, 1.82) is 0 Å². The first-order valence-corrected chi connectivity index (χ1v) is 10.9. The minimum absolute atomic E-state index is 0.133. The second-order valence-corrected chi connectivity index (χ2v) is 8.53. The lowest BCUT2D eigenvalue weighted by atomic mass is 10.1. The van der Waals surface area contributed by atoms with Gasteiger partial charge in [-0.15, -0.1) is 0 Å². The van der Waals surface area contributed by atoms with E-state index in [1.807, 2.05) is 0 Å². The van der Waals surface area contributed by atoms with Crippen molar-refractivity contribution in [3.05, 3.63) is 69.5 Å². The summed E-state index contributed by atoms with van der Waals surface area (Å²) in [6.45, 7) is 1.91. The van der Waals surface area contributed by atoms with Crippen molar-refractivity contribution in [2.24, 2.45) is 0 Å². The molecule has 2 aromatic carbocycles. The van der Waals surface area contributed by atoms with E-state index >= 15 is 0 Å². The number of benzene rings is 2. The molecule has 0 heterocycles. The minimum Gasteiger partial charge on any atom is -0.352 e. The zero-order valence-corrected chi connectivity index (χ0v) is 18.3. The van der Waals surface area contributed by atoms with E-state index in [0.717, 1.165) is 31.2 Å². The summed E-state index contributed by atoms with van der Waals surface area (Å²) in [5.41, 5.74) is 0.960. The number of amides is 2. The Kier molecular flexibility index (Phi) is 7.73. The van der Waals surface area contributed by atoms with Crippen LogP contribution < -0.4 is 5.32 Å². The van der Waals surface area contributed by atoms with Gasteiger partial charge in [0.05, 0.1) is 6.42 Å². The van der Waals surface area contributed by atoms with Gasteiger partial charge in [-0.05, 0) is 49.6 Å². The number of hydrogen-bond donors (Lipinski definition) is 1. The topological polar surface area (TPSA) is 49.4 Å². The molecular formula is C23H25Cl2FN2O2. The van der Waals surface area contributed by atoms with Gasteiger partial charge in [0, 0.05) is 28.2 Å². The van der Waals surface area contributed by atoms with Gasteiger partial charge in [0.25, 0.3) is 0 Å². The molecule has 0 bridgehead atoms. The van der Waals surface area contributed by atoms with Crippen LogP contribution in [0, 0.1) is 5.82 Å². The first-order valence-electron chi connectivity index (χ1n) is 10.1. The predicted octanol–water partition coefficient (Wildman–Crippen LogP) is 5.15. The van der Waals surface area contributed by atoms with Crippen LogP contribution in [0.1, 0.15) is 43.7 Å². The number of hydrogen-bond acceptors (Lipinski definition) is 2. The van der Waals surface area contributed by atoms with Gasteiger partial charge in [-0.25, -0.2) is 4.39 Å². The van der Waals surface area contributed by atoms with Crippen LogP contribution >= 0.6 is 23.2 Å². The molecule has 30 heavy (non-hydrogen) atoms. The Morgan fingerprint density at radius 3 is 2.43 bits per heavy atom. The summed E-state index contributed by atoms with van der Waals surface area (Å²) >= 11 is 12.1. The number of carbonyl (C=O) groups is 2. The number of halogens is 3. The molecule has 0 radical (unpaired) electrons. The summed E-state index contributed by atoms with van der Waals surface area (Å²) in [6, 6.07) is 10.8. The van der Waals surface area contributed by atoms with Crippen LogP contribution in [0.2, 0.25) is 10.0 Å². The van der Waals surface area contributed by atoms with Gasteiger partial charge in [0.15, 0.2) is 0 Å². The third-order valence-corrected chi connectivity index (χ3v) is 6.13. The Morgan fingerprint density at radius 1 is 1.13 bits per heavy atom. The Hall–Kier alpha value is -2.11. The van der Waals surface area contributed by atoms with E-state index in [4.69, 9.17) is 23.2 Å². The van der Waals surface area contributed by atoms with Crippen molar-refractivity contribution in [2.45, 2.75) is 57.7 Å². The maximum Gasteiger partial charge on any atom is 0.242 e. The molecule has 2 amide bonds. The van der Waals surface area contributed by atoms with Crippen molar-refractivity contribution in [1.82, 2.24) is 10.2 Å². The van der Waals surface area contributed by atoms with Crippen molar-refractivity contribution >= 4 is 35.0 Å². The summed E-state index contributed by atoms with van der Waals surface area (Å²) in [6.07, 6.45) is 3.88. The molecule has 1 saturated carbocycles. The molecule has 7 heteroatoms. The molecule has 1 atom stereocenters. The average molecular weight is 451 g/mol. The van der Waals surface area contributed by atoms with Crippen LogP contribution in [0.25, 0.3) is 0 Å². The van der Waals surface area contributed by atoms with Crippen LogP contribution in [0.15, 0.2) is 42.5 Å². The van der Waals surface area contributed by atoms with Crippen molar-refractivity contribution in [3.63, 3.8) is 0 Å². The standard InChI is InChI=1S/C23H25Cl2FN2O2/c1-15(23(30)27-18-5-2-3-6-18)28(14-16-9-11-17(24)12-10-16)22(29)13-19-20(25)7-4-8-21(19)26/h4,7-12,15,18H,2-3,5-6,13-14H2,1H3,(H,27,30). The van der Waals surface area contributed by atoms with E-state index in [0.29, 0.717) is 5.02 Å². The molecule has 1 unspecified atom stereocenters. The van der Waals surface area contributed by atoms with E-state index in [1.54, 1.807) is 37.3 Å². The predicted molar refractivity (Wildman–Crippen MR) is 117 cm³/mol. The van der Waals surface area contributed by atoms with Crippen LogP contribution in [-0.2, 0) is 22.6 Å². The molecule has 4 nitrogen and oxygen atoms in total. The van der Waals surface area contributed by atoms with Gasteiger partial charge >= 0.3 is 0 Å². The van der Waals surface area contributed by atoms with Gasteiger partial charge in [-0.2, -0.15) is 0 Å². The highest BCUT2D eigenvalue weighted by Crippen LogP contribution is 2.22.